The van der Waals surface area contributed by atoms with Crippen molar-refractivity contribution in [2.24, 2.45) is 0 Å². The number of benzene rings is 1. The van der Waals surface area contributed by atoms with Gasteiger partial charge >= 0.3 is 5.48 Å². The summed E-state index contributed by atoms with van der Waals surface area (Å²) < 4.78 is 7.13. The van der Waals surface area contributed by atoms with Crippen LogP contribution in [0, 0.1) is 0 Å². The topological polar surface area (TPSA) is 9.23 Å². The van der Waals surface area contributed by atoms with Crippen molar-refractivity contribution in [2.45, 2.75) is 40.5 Å². The first-order valence-corrected chi connectivity index (χ1v) is 16.4. The molecule has 2 atom stereocenters. The molecule has 2 rings (SSSR count). The zero-order valence-electron chi connectivity index (χ0n) is 24.4. The predicted octanol–water partition coefficient (Wildman–Crippen LogP) is 11.5. The maximum Gasteiger partial charge on any atom is 0.310 e. The molecule has 1 aromatic rings. The molecule has 0 bridgehead atoms. The highest BCUT2D eigenvalue weighted by Gasteiger charge is 2.30. The third-order valence-corrected chi connectivity index (χ3v) is 10.5. The van der Waals surface area contributed by atoms with Gasteiger partial charge in [0.1, 0.15) is 5.50 Å². The van der Waals surface area contributed by atoms with Gasteiger partial charge < -0.3 is 4.74 Å². The summed E-state index contributed by atoms with van der Waals surface area (Å²) >= 11 is 0. The number of rotatable bonds is 14. The summed E-state index contributed by atoms with van der Waals surface area (Å²) in [7, 11) is -1.95. The number of hydrogen-bond donors (Lipinski definition) is 0. The molecule has 40 heavy (non-hydrogen) atoms. The summed E-state index contributed by atoms with van der Waals surface area (Å²) in [6.45, 7) is 16.3. The highest BCUT2D eigenvalue weighted by molar-refractivity contribution is 7.72. The van der Waals surface area contributed by atoms with Gasteiger partial charge in [0.15, 0.2) is 10.6 Å². The summed E-state index contributed by atoms with van der Waals surface area (Å²) in [5.41, 5.74) is 1.83. The molecule has 0 N–H and O–H groups in total. The molecule has 0 radical (unpaired) electrons. The molecule has 0 aliphatic heterocycles. The minimum absolute atomic E-state index is 0.900. The molecule has 0 spiro atoms. The van der Waals surface area contributed by atoms with Crippen LogP contribution in [0.5, 0.6) is 0 Å². The van der Waals surface area contributed by atoms with Crippen LogP contribution >= 0.6 is 15.5 Å². The fraction of sp³-hybridized carbons (Fsp3) is 0.162. The molecule has 1 nitrogen and oxygen atoms in total. The summed E-state index contributed by atoms with van der Waals surface area (Å²) in [4.78, 5) is 0. The van der Waals surface area contributed by atoms with E-state index < -0.39 is 15.5 Å². The lowest BCUT2D eigenvalue weighted by Crippen LogP contribution is -2.08. The van der Waals surface area contributed by atoms with E-state index in [1.54, 1.807) is 6.08 Å². The van der Waals surface area contributed by atoms with Crippen LogP contribution in [0.1, 0.15) is 40.5 Å². The van der Waals surface area contributed by atoms with Crippen LogP contribution in [0.15, 0.2) is 174 Å². The third kappa shape index (κ3) is 10.2. The van der Waals surface area contributed by atoms with Gasteiger partial charge in [0.2, 0.25) is 7.55 Å². The molecule has 0 fully saturated rings. The van der Waals surface area contributed by atoms with Crippen LogP contribution < -0.4 is 5.30 Å². The molecule has 3 heteroatoms. The number of hydrogen-bond acceptors (Lipinski definition) is 1. The molecular formula is C37H43OP2+. The minimum atomic E-state index is -1.02. The Balaban J connectivity index is 2.95. The average molecular weight is 566 g/mol. The Morgan fingerprint density at radius 3 is 2.23 bits per heavy atom. The van der Waals surface area contributed by atoms with Crippen molar-refractivity contribution in [3.8, 4) is 0 Å². The fourth-order valence-corrected chi connectivity index (χ4v) is 8.48. The molecule has 0 aromatic heterocycles. The molecule has 2 unspecified atom stereocenters. The molecule has 0 saturated heterocycles. The maximum atomic E-state index is 7.13. The Morgan fingerprint density at radius 2 is 1.62 bits per heavy atom. The van der Waals surface area contributed by atoms with Crippen LogP contribution in [-0.2, 0) is 4.74 Å². The summed E-state index contributed by atoms with van der Waals surface area (Å²) in [5.74, 6) is 0. The molecule has 1 aliphatic rings. The normalized spacial score (nSPS) is 16.8. The first-order chi connectivity index (χ1) is 19.6. The van der Waals surface area contributed by atoms with Crippen molar-refractivity contribution in [3.05, 3.63) is 174 Å². The van der Waals surface area contributed by atoms with Gasteiger partial charge in [-0.1, -0.05) is 116 Å². The first-order valence-electron chi connectivity index (χ1n) is 13.7. The van der Waals surface area contributed by atoms with E-state index in [-0.39, 0.29) is 0 Å². The van der Waals surface area contributed by atoms with Gasteiger partial charge in [-0.25, -0.2) is 0 Å². The minimum Gasteiger partial charge on any atom is -0.420 e. The summed E-state index contributed by atoms with van der Waals surface area (Å²) in [6.07, 6.45) is 39.9. The van der Waals surface area contributed by atoms with Crippen molar-refractivity contribution in [3.63, 3.8) is 0 Å². The molecule has 0 heterocycles. The summed E-state index contributed by atoms with van der Waals surface area (Å²) in [5, 5.41) is 4.89. The highest BCUT2D eigenvalue weighted by Crippen LogP contribution is 2.61. The molecule has 0 amide bonds. The average Bonchev–Trinajstić information content (AvgIpc) is 2.99. The zero-order chi connectivity index (χ0) is 29.0. The van der Waals surface area contributed by atoms with E-state index in [4.69, 9.17) is 4.74 Å². The molecule has 1 aliphatic carbocycles. The van der Waals surface area contributed by atoms with Gasteiger partial charge in [0, 0.05) is 14.0 Å². The van der Waals surface area contributed by atoms with E-state index in [1.807, 2.05) is 50.3 Å². The predicted molar refractivity (Wildman–Crippen MR) is 186 cm³/mol. The van der Waals surface area contributed by atoms with Crippen LogP contribution in [0.4, 0.5) is 0 Å². The monoisotopic (exact) mass is 565 g/mol. The van der Waals surface area contributed by atoms with Crippen LogP contribution in [-0.4, -0.2) is 5.48 Å². The Labute approximate surface area is 245 Å². The van der Waals surface area contributed by atoms with Crippen LogP contribution in [0.3, 0.4) is 0 Å². The number of ether oxygens (including phenoxy) is 1. The second kappa shape index (κ2) is 19.5. The van der Waals surface area contributed by atoms with E-state index >= 15 is 0 Å². The lowest BCUT2D eigenvalue weighted by molar-refractivity contribution is 0.469. The Hall–Kier alpha value is -3.50. The number of allylic oxidation sites excluding steroid dienone is 20. The highest BCUT2D eigenvalue weighted by atomic mass is 31.1. The third-order valence-electron chi connectivity index (χ3n) is 5.74. The van der Waals surface area contributed by atoms with Crippen molar-refractivity contribution in [2.75, 3.05) is 0 Å². The molecular weight excluding hydrogens is 522 g/mol. The second-order valence-corrected chi connectivity index (χ2v) is 12.9. The Morgan fingerprint density at radius 1 is 0.850 bits per heavy atom. The standard InChI is InChI=1S/C37H43OP2/c1-7-13-18-30-36(39(32(11-5)24-10-4)34-26-20-16-21-27-34)38-37(31-19-14-8-2)40(33(12-6)25-15-9-3)35-28-22-17-23-29-35/h7-15,17-20,22-31H,1,6,16,21H2,2-5H3/q+1/b14-8-,15-9-,18-13-,24-10-,31-19-,32-11+,33-25+,36-30-. The van der Waals surface area contributed by atoms with E-state index in [0.717, 1.165) is 29.1 Å². The van der Waals surface area contributed by atoms with Crippen molar-refractivity contribution < 1.29 is 4.74 Å². The van der Waals surface area contributed by atoms with Crippen molar-refractivity contribution in [1.29, 1.82) is 0 Å². The van der Waals surface area contributed by atoms with Gasteiger partial charge in [-0.15, -0.1) is 0 Å². The molecule has 0 saturated carbocycles. The van der Waals surface area contributed by atoms with Gasteiger partial charge in [-0.05, 0) is 81.5 Å². The van der Waals surface area contributed by atoms with E-state index in [9.17, 15) is 0 Å². The zero-order valence-corrected chi connectivity index (χ0v) is 26.2. The van der Waals surface area contributed by atoms with Gasteiger partial charge in [-0.3, -0.25) is 0 Å². The lowest BCUT2D eigenvalue weighted by atomic mass is 10.2. The van der Waals surface area contributed by atoms with Gasteiger partial charge in [0.05, 0.1) is 0 Å². The van der Waals surface area contributed by atoms with Gasteiger partial charge in [-0.2, -0.15) is 0 Å². The van der Waals surface area contributed by atoms with Gasteiger partial charge in [0.25, 0.3) is 0 Å². The Kier molecular flexibility index (Phi) is 16.0. The van der Waals surface area contributed by atoms with E-state index in [0.29, 0.717) is 0 Å². The SMILES string of the molecule is C=C/C=C\C=C(\OC(/C=C\C=C/C)=[P+](\C(C=C)=C\C=C/C)c1ccccc1)P(C1=CCCC=C1)C(/C=C\C)=C/C. The summed E-state index contributed by atoms with van der Waals surface area (Å²) in [6, 6.07) is 10.6. The lowest BCUT2D eigenvalue weighted by Gasteiger charge is -2.24. The second-order valence-electron chi connectivity index (χ2n) is 8.60. The molecule has 1 aromatic carbocycles. The van der Waals surface area contributed by atoms with Crippen molar-refractivity contribution in [1.82, 2.24) is 0 Å². The first kappa shape index (κ1) is 32.7. The quantitative estimate of drug-likeness (QED) is 0.124. The van der Waals surface area contributed by atoms with E-state index in [2.05, 4.69) is 124 Å². The Bertz CT molecular complexity index is 1320. The smallest absolute Gasteiger partial charge is 0.310 e. The maximum absolute atomic E-state index is 7.13. The largest absolute Gasteiger partial charge is 0.420 e. The molecule has 206 valence electrons. The van der Waals surface area contributed by atoms with E-state index in [1.165, 1.54) is 15.9 Å². The van der Waals surface area contributed by atoms with Crippen molar-refractivity contribution >= 4 is 26.3 Å². The van der Waals surface area contributed by atoms with Crippen LogP contribution in [0.2, 0.25) is 0 Å². The fourth-order valence-electron chi connectivity index (χ4n) is 3.93. The van der Waals surface area contributed by atoms with Crippen LogP contribution in [0.25, 0.3) is 0 Å².